The van der Waals surface area contributed by atoms with Crippen LogP contribution in [0.4, 0.5) is 5.82 Å². The summed E-state index contributed by atoms with van der Waals surface area (Å²) in [6.07, 6.45) is 2.99. The fourth-order valence-corrected chi connectivity index (χ4v) is 3.98. The van der Waals surface area contributed by atoms with Gasteiger partial charge in [-0.15, -0.1) is 0 Å². The van der Waals surface area contributed by atoms with Crippen LogP contribution >= 0.6 is 11.6 Å². The average Bonchev–Trinajstić information content (AvgIpc) is 3.31. The molecular formula is C21H27ClN6O3. The molecule has 1 saturated heterocycles. The number of unbranched alkanes of at least 4 members (excludes halogenated alkanes) is 1. The Hall–Kier alpha value is -2.30. The molecule has 1 fully saturated rings. The van der Waals surface area contributed by atoms with E-state index in [4.69, 9.17) is 22.1 Å². The predicted octanol–water partition coefficient (Wildman–Crippen LogP) is 1.68. The smallest absolute Gasteiger partial charge is 0.167 e. The number of hydrogen-bond donors (Lipinski definition) is 4. The van der Waals surface area contributed by atoms with Crippen molar-refractivity contribution in [3.8, 4) is 0 Å². The molecule has 31 heavy (non-hydrogen) atoms. The van der Waals surface area contributed by atoms with Crippen LogP contribution in [-0.2, 0) is 11.2 Å². The monoisotopic (exact) mass is 446 g/mol. The van der Waals surface area contributed by atoms with Crippen molar-refractivity contribution >= 4 is 28.6 Å². The quantitative estimate of drug-likeness (QED) is 0.365. The summed E-state index contributed by atoms with van der Waals surface area (Å²) < 4.78 is 7.56. The van der Waals surface area contributed by atoms with E-state index in [0.717, 1.165) is 37.4 Å². The zero-order valence-corrected chi connectivity index (χ0v) is 17.8. The summed E-state index contributed by atoms with van der Waals surface area (Å²) in [6.45, 7) is 1.77. The third-order valence-electron chi connectivity index (χ3n) is 5.59. The van der Waals surface area contributed by atoms with Crippen LogP contribution in [0.5, 0.6) is 0 Å². The molecule has 0 radical (unpaired) electrons. The first-order chi connectivity index (χ1) is 15.0. The molecule has 166 valence electrons. The molecule has 10 heteroatoms. The first-order valence-electron chi connectivity index (χ1n) is 10.4. The molecule has 3 heterocycles. The molecule has 0 saturated carbocycles. The van der Waals surface area contributed by atoms with Gasteiger partial charge in [-0.1, -0.05) is 23.7 Å². The number of imidazole rings is 1. The van der Waals surface area contributed by atoms with Crippen LogP contribution in [0.25, 0.3) is 11.2 Å². The molecule has 5 N–H and O–H groups in total. The molecule has 1 aliphatic rings. The van der Waals surface area contributed by atoms with Gasteiger partial charge < -0.3 is 26.0 Å². The first-order valence-corrected chi connectivity index (χ1v) is 10.8. The van der Waals surface area contributed by atoms with Crippen molar-refractivity contribution in [1.29, 1.82) is 0 Å². The normalized spacial score (nSPS) is 23.6. The third kappa shape index (κ3) is 4.97. The lowest BCUT2D eigenvalue weighted by atomic mass is 10.0. The second kappa shape index (κ2) is 9.88. The highest BCUT2D eigenvalue weighted by Crippen LogP contribution is 2.33. The van der Waals surface area contributed by atoms with Crippen LogP contribution < -0.4 is 11.1 Å². The number of aliphatic hydroxyl groups is 2. The molecule has 1 aliphatic heterocycles. The lowest BCUT2D eigenvalue weighted by molar-refractivity contribution is -0.0374. The zero-order valence-electron chi connectivity index (χ0n) is 17.1. The van der Waals surface area contributed by atoms with Gasteiger partial charge in [0.15, 0.2) is 17.7 Å². The van der Waals surface area contributed by atoms with E-state index in [1.54, 1.807) is 4.57 Å². The number of nitrogens with two attached hydrogens (primary N) is 1. The van der Waals surface area contributed by atoms with Crippen molar-refractivity contribution in [2.75, 3.05) is 18.8 Å². The van der Waals surface area contributed by atoms with Gasteiger partial charge >= 0.3 is 0 Å². The number of anilines is 1. The highest BCUT2D eigenvalue weighted by Gasteiger charge is 2.43. The van der Waals surface area contributed by atoms with Crippen LogP contribution in [0.1, 0.15) is 31.1 Å². The summed E-state index contributed by atoms with van der Waals surface area (Å²) in [4.78, 5) is 12.3. The van der Waals surface area contributed by atoms with Gasteiger partial charge in [-0.3, -0.25) is 4.57 Å². The van der Waals surface area contributed by atoms with E-state index in [9.17, 15) is 10.2 Å². The van der Waals surface area contributed by atoms with E-state index in [-0.39, 0.29) is 5.82 Å². The molecule has 0 spiro atoms. The molecule has 4 rings (SSSR count). The number of nitrogen functional groups attached to an aromatic ring is 1. The van der Waals surface area contributed by atoms with E-state index in [2.05, 4.69) is 20.3 Å². The minimum atomic E-state index is -1.07. The third-order valence-corrected chi connectivity index (χ3v) is 5.85. The average molecular weight is 447 g/mol. The molecular weight excluding hydrogens is 420 g/mol. The Balaban J connectivity index is 1.21. The summed E-state index contributed by atoms with van der Waals surface area (Å²) in [7, 11) is 0. The topological polar surface area (TPSA) is 131 Å². The number of nitrogens with zero attached hydrogens (tertiary/aromatic N) is 4. The maximum Gasteiger partial charge on any atom is 0.167 e. The van der Waals surface area contributed by atoms with Crippen LogP contribution in [-0.4, -0.2) is 61.1 Å². The lowest BCUT2D eigenvalue weighted by Crippen LogP contribution is -2.31. The van der Waals surface area contributed by atoms with Gasteiger partial charge in [0.05, 0.1) is 12.4 Å². The fraction of sp³-hybridized carbons (Fsp3) is 0.476. The van der Waals surface area contributed by atoms with Crippen molar-refractivity contribution in [1.82, 2.24) is 24.8 Å². The van der Waals surface area contributed by atoms with Crippen LogP contribution in [0.3, 0.4) is 0 Å². The Morgan fingerprint density at radius 1 is 1.06 bits per heavy atom. The number of halogens is 1. The molecule has 0 amide bonds. The number of rotatable bonds is 9. The standard InChI is InChI=1S/C21H27ClN6O3/c22-14-6-4-13(5-7-14)8-10-24-9-2-1-3-15-17(29)18(30)21(31-15)28-12-27-16-19(23)25-11-26-20(16)28/h4-7,11-12,15,17-18,21,24,29-30H,1-3,8-10H2,(H2,23,25,26)/t15-,17-,18-,21-/m1/s1. The Morgan fingerprint density at radius 2 is 1.87 bits per heavy atom. The van der Waals surface area contributed by atoms with Gasteiger partial charge in [0.25, 0.3) is 0 Å². The zero-order chi connectivity index (χ0) is 21.8. The number of aliphatic hydroxyl groups excluding tert-OH is 2. The molecule has 0 unspecified atom stereocenters. The molecule has 0 bridgehead atoms. The van der Waals surface area contributed by atoms with Gasteiger partial charge in [-0.25, -0.2) is 15.0 Å². The van der Waals surface area contributed by atoms with Crippen molar-refractivity contribution in [3.63, 3.8) is 0 Å². The second-order valence-electron chi connectivity index (χ2n) is 7.75. The predicted molar refractivity (Wildman–Crippen MR) is 118 cm³/mol. The Labute approximate surface area is 185 Å². The van der Waals surface area contributed by atoms with Crippen molar-refractivity contribution < 1.29 is 14.9 Å². The van der Waals surface area contributed by atoms with Crippen LogP contribution in [0, 0.1) is 0 Å². The van der Waals surface area contributed by atoms with E-state index < -0.39 is 24.5 Å². The Bertz CT molecular complexity index is 998. The van der Waals surface area contributed by atoms with Crippen molar-refractivity contribution in [3.05, 3.63) is 47.5 Å². The molecule has 0 aliphatic carbocycles. The van der Waals surface area contributed by atoms with Gasteiger partial charge in [0, 0.05) is 5.02 Å². The summed E-state index contributed by atoms with van der Waals surface area (Å²) in [5.41, 5.74) is 7.98. The maximum absolute atomic E-state index is 10.5. The number of aromatic nitrogens is 4. The van der Waals surface area contributed by atoms with Crippen LogP contribution in [0.15, 0.2) is 36.9 Å². The number of ether oxygens (including phenoxy) is 1. The number of nitrogens with one attached hydrogen (secondary N) is 1. The SMILES string of the molecule is Nc1ncnc2c1ncn2[C@@H]1O[C@H](CCCCNCCc2ccc(Cl)cc2)[C@@H](O)[C@H]1O. The minimum absolute atomic E-state index is 0.261. The van der Waals surface area contributed by atoms with Crippen molar-refractivity contribution in [2.45, 2.75) is 50.2 Å². The summed E-state index contributed by atoms with van der Waals surface area (Å²) >= 11 is 5.90. The number of hydrogen-bond acceptors (Lipinski definition) is 8. The van der Waals surface area contributed by atoms with Gasteiger partial charge in [-0.05, 0) is 56.5 Å². The molecule has 4 atom stereocenters. The van der Waals surface area contributed by atoms with Crippen molar-refractivity contribution in [2.24, 2.45) is 0 Å². The van der Waals surface area contributed by atoms with Gasteiger partial charge in [0.2, 0.25) is 0 Å². The van der Waals surface area contributed by atoms with Gasteiger partial charge in [-0.2, -0.15) is 0 Å². The molecule has 1 aromatic carbocycles. The van der Waals surface area contributed by atoms with Gasteiger partial charge in [0.1, 0.15) is 24.1 Å². The minimum Gasteiger partial charge on any atom is -0.388 e. The van der Waals surface area contributed by atoms with E-state index in [1.807, 2.05) is 24.3 Å². The largest absolute Gasteiger partial charge is 0.388 e. The summed E-state index contributed by atoms with van der Waals surface area (Å²) in [5, 5.41) is 25.1. The molecule has 2 aromatic heterocycles. The molecule has 9 nitrogen and oxygen atoms in total. The van der Waals surface area contributed by atoms with E-state index in [0.29, 0.717) is 17.6 Å². The lowest BCUT2D eigenvalue weighted by Gasteiger charge is -2.16. The van der Waals surface area contributed by atoms with E-state index >= 15 is 0 Å². The Morgan fingerprint density at radius 3 is 2.68 bits per heavy atom. The summed E-state index contributed by atoms with van der Waals surface area (Å²) in [6, 6.07) is 7.88. The van der Waals surface area contributed by atoms with Crippen LogP contribution in [0.2, 0.25) is 5.02 Å². The summed E-state index contributed by atoms with van der Waals surface area (Å²) in [5.74, 6) is 0.261. The second-order valence-corrected chi connectivity index (χ2v) is 8.19. The maximum atomic E-state index is 10.5. The highest BCUT2D eigenvalue weighted by molar-refractivity contribution is 6.30. The Kier molecular flexibility index (Phi) is 6.99. The first kappa shape index (κ1) is 21.9. The number of benzene rings is 1. The van der Waals surface area contributed by atoms with E-state index in [1.165, 1.54) is 18.2 Å². The number of fused-ring (bicyclic) bond motifs is 1. The highest BCUT2D eigenvalue weighted by atomic mass is 35.5. The fourth-order valence-electron chi connectivity index (χ4n) is 3.86. The molecule has 3 aromatic rings.